The lowest BCUT2D eigenvalue weighted by Crippen LogP contribution is -2.30. The Hall–Kier alpha value is -2.02. The van der Waals surface area contributed by atoms with Gasteiger partial charge in [-0.1, -0.05) is 34.5 Å². The molecule has 0 saturated carbocycles. The van der Waals surface area contributed by atoms with Gasteiger partial charge < -0.3 is 15.8 Å². The van der Waals surface area contributed by atoms with Gasteiger partial charge in [0.1, 0.15) is 5.75 Å². The highest BCUT2D eigenvalue weighted by Gasteiger charge is 2.17. The zero-order chi connectivity index (χ0) is 17.3. The number of nitrogens with two attached hydrogens (primary N) is 1. The summed E-state index contributed by atoms with van der Waals surface area (Å²) in [6.45, 7) is 1.64. The van der Waals surface area contributed by atoms with Crippen molar-refractivity contribution < 1.29 is 9.53 Å². The Morgan fingerprint density at radius 1 is 1.29 bits per heavy atom. The van der Waals surface area contributed by atoms with Gasteiger partial charge in [0.25, 0.3) is 5.91 Å². The molecule has 0 aliphatic rings. The number of hydrogen-bond donors (Lipinski definition) is 2. The van der Waals surface area contributed by atoms with Crippen LogP contribution in [0, 0.1) is 0 Å². The molecule has 8 heteroatoms. The Labute approximate surface area is 152 Å². The lowest BCUT2D eigenvalue weighted by molar-refractivity contribution is -0.122. The zero-order valence-electron chi connectivity index (χ0n) is 12.5. The fourth-order valence-corrected chi connectivity index (χ4v) is 3.31. The van der Waals surface area contributed by atoms with E-state index in [1.807, 2.05) is 6.07 Å². The first kappa shape index (κ1) is 16.8. The minimum atomic E-state index is -0.731. The Morgan fingerprint density at radius 2 is 2.08 bits per heavy atom. The summed E-state index contributed by atoms with van der Waals surface area (Å²) in [4.78, 5) is 16.5. The second-order valence-corrected chi connectivity index (χ2v) is 6.96. The molecule has 24 heavy (non-hydrogen) atoms. The van der Waals surface area contributed by atoms with Crippen LogP contribution < -0.4 is 15.8 Å². The molecular formula is C16H13Cl2N3O2S. The SMILES string of the molecule is C[C@@H](Oc1ccc(Cl)cc1Cl)C(=O)Nc1ccc2nc(N)sc2c1. The molecule has 1 atom stereocenters. The molecule has 0 radical (unpaired) electrons. The van der Waals surface area contributed by atoms with Gasteiger partial charge >= 0.3 is 0 Å². The summed E-state index contributed by atoms with van der Waals surface area (Å²) < 4.78 is 6.50. The molecule has 2 aromatic carbocycles. The molecule has 0 spiro atoms. The summed E-state index contributed by atoms with van der Waals surface area (Å²) in [5.74, 6) is 0.104. The number of aromatic nitrogens is 1. The number of halogens is 2. The fourth-order valence-electron chi connectivity index (χ4n) is 2.08. The third-order valence-electron chi connectivity index (χ3n) is 3.24. The Kier molecular flexibility index (Phi) is 4.80. The number of benzene rings is 2. The van der Waals surface area contributed by atoms with E-state index in [-0.39, 0.29) is 5.91 Å². The summed E-state index contributed by atoms with van der Waals surface area (Å²) >= 11 is 13.2. The molecule has 3 N–H and O–H groups in total. The monoisotopic (exact) mass is 381 g/mol. The average molecular weight is 382 g/mol. The zero-order valence-corrected chi connectivity index (χ0v) is 14.9. The molecule has 0 fully saturated rings. The van der Waals surface area contributed by atoms with Gasteiger partial charge in [-0.3, -0.25) is 4.79 Å². The normalized spacial score (nSPS) is 12.1. The van der Waals surface area contributed by atoms with Crippen molar-refractivity contribution in [3.8, 4) is 5.75 Å². The van der Waals surface area contributed by atoms with E-state index in [1.54, 1.807) is 37.3 Å². The molecule has 0 aliphatic heterocycles. The minimum Gasteiger partial charge on any atom is -0.479 e. The number of anilines is 2. The van der Waals surface area contributed by atoms with E-state index in [0.717, 1.165) is 10.2 Å². The molecular weight excluding hydrogens is 369 g/mol. The molecule has 1 heterocycles. The van der Waals surface area contributed by atoms with E-state index in [0.29, 0.717) is 26.6 Å². The molecule has 3 aromatic rings. The number of carbonyl (C=O) groups is 1. The number of ether oxygens (including phenoxy) is 1. The van der Waals surface area contributed by atoms with E-state index in [1.165, 1.54) is 11.3 Å². The van der Waals surface area contributed by atoms with Crippen molar-refractivity contribution in [2.75, 3.05) is 11.1 Å². The number of thiazole rings is 1. The number of nitrogens with zero attached hydrogens (tertiary/aromatic N) is 1. The number of fused-ring (bicyclic) bond motifs is 1. The number of hydrogen-bond acceptors (Lipinski definition) is 5. The van der Waals surface area contributed by atoms with Gasteiger partial charge in [0.05, 0.1) is 15.2 Å². The van der Waals surface area contributed by atoms with E-state index in [9.17, 15) is 4.79 Å². The van der Waals surface area contributed by atoms with Crippen LogP contribution in [0.1, 0.15) is 6.92 Å². The second kappa shape index (κ2) is 6.84. The quantitative estimate of drug-likeness (QED) is 0.692. The van der Waals surface area contributed by atoms with Gasteiger partial charge in [-0.15, -0.1) is 0 Å². The Balaban J connectivity index is 1.70. The Morgan fingerprint density at radius 3 is 2.83 bits per heavy atom. The Bertz CT molecular complexity index is 913. The molecule has 1 amide bonds. The molecule has 1 aromatic heterocycles. The predicted octanol–water partition coefficient (Wildman–Crippen LogP) is 4.59. The van der Waals surface area contributed by atoms with Crippen LogP contribution in [-0.2, 0) is 4.79 Å². The van der Waals surface area contributed by atoms with E-state index < -0.39 is 6.10 Å². The summed E-state index contributed by atoms with van der Waals surface area (Å²) in [6, 6.07) is 10.2. The van der Waals surface area contributed by atoms with Gasteiger partial charge in [-0.25, -0.2) is 4.98 Å². The van der Waals surface area contributed by atoms with Crippen LogP contribution in [0.2, 0.25) is 10.0 Å². The highest BCUT2D eigenvalue weighted by molar-refractivity contribution is 7.22. The third kappa shape index (κ3) is 3.72. The number of nitrogens with one attached hydrogen (secondary N) is 1. The third-order valence-corrected chi connectivity index (χ3v) is 4.62. The van der Waals surface area contributed by atoms with Crippen molar-refractivity contribution in [1.82, 2.24) is 4.98 Å². The molecule has 0 unspecified atom stereocenters. The van der Waals surface area contributed by atoms with Gasteiger partial charge in [0.15, 0.2) is 11.2 Å². The topological polar surface area (TPSA) is 77.2 Å². The molecule has 0 aliphatic carbocycles. The first-order valence-electron chi connectivity index (χ1n) is 7.01. The number of rotatable bonds is 4. The van der Waals surface area contributed by atoms with Crippen molar-refractivity contribution in [3.05, 3.63) is 46.4 Å². The summed E-state index contributed by atoms with van der Waals surface area (Å²) in [7, 11) is 0. The smallest absolute Gasteiger partial charge is 0.265 e. The van der Waals surface area contributed by atoms with Gasteiger partial charge in [-0.2, -0.15) is 0 Å². The van der Waals surface area contributed by atoms with E-state index in [2.05, 4.69) is 10.3 Å². The largest absolute Gasteiger partial charge is 0.479 e. The van der Waals surface area contributed by atoms with Crippen molar-refractivity contribution in [2.24, 2.45) is 0 Å². The van der Waals surface area contributed by atoms with Crippen molar-refractivity contribution in [2.45, 2.75) is 13.0 Å². The van der Waals surface area contributed by atoms with Crippen LogP contribution in [-0.4, -0.2) is 17.0 Å². The number of carbonyl (C=O) groups excluding carboxylic acids is 1. The minimum absolute atomic E-state index is 0.294. The molecule has 0 saturated heterocycles. The van der Waals surface area contributed by atoms with Crippen LogP contribution in [0.4, 0.5) is 10.8 Å². The van der Waals surface area contributed by atoms with Crippen LogP contribution in [0.15, 0.2) is 36.4 Å². The van der Waals surface area contributed by atoms with Crippen molar-refractivity contribution in [3.63, 3.8) is 0 Å². The lowest BCUT2D eigenvalue weighted by atomic mass is 10.2. The highest BCUT2D eigenvalue weighted by atomic mass is 35.5. The summed E-state index contributed by atoms with van der Waals surface area (Å²) in [5, 5.41) is 4.14. The maximum absolute atomic E-state index is 12.3. The van der Waals surface area contributed by atoms with Crippen LogP contribution in [0.3, 0.4) is 0 Å². The standard InChI is InChI=1S/C16H13Cl2N3O2S/c1-8(23-13-5-2-9(17)6-11(13)18)15(22)20-10-3-4-12-14(7-10)24-16(19)21-12/h2-8H,1H3,(H2,19,21)(H,20,22)/t8-/m1/s1. The van der Waals surface area contributed by atoms with Crippen LogP contribution >= 0.6 is 34.5 Å². The average Bonchev–Trinajstić information content (AvgIpc) is 2.89. The second-order valence-electron chi connectivity index (χ2n) is 5.06. The summed E-state index contributed by atoms with van der Waals surface area (Å²) in [5.41, 5.74) is 7.12. The number of amides is 1. The molecule has 124 valence electrons. The predicted molar refractivity (Wildman–Crippen MR) is 99.2 cm³/mol. The van der Waals surface area contributed by atoms with Crippen LogP contribution in [0.5, 0.6) is 5.75 Å². The fraction of sp³-hybridized carbons (Fsp3) is 0.125. The van der Waals surface area contributed by atoms with E-state index >= 15 is 0 Å². The number of nitrogen functional groups attached to an aromatic ring is 1. The molecule has 5 nitrogen and oxygen atoms in total. The van der Waals surface area contributed by atoms with Gasteiger partial charge in [-0.05, 0) is 43.3 Å². The van der Waals surface area contributed by atoms with Crippen molar-refractivity contribution >= 4 is 61.5 Å². The van der Waals surface area contributed by atoms with Gasteiger partial charge in [0.2, 0.25) is 0 Å². The van der Waals surface area contributed by atoms with Gasteiger partial charge in [0, 0.05) is 10.7 Å². The molecule has 3 rings (SSSR count). The molecule has 0 bridgehead atoms. The van der Waals surface area contributed by atoms with Crippen molar-refractivity contribution in [1.29, 1.82) is 0 Å². The maximum atomic E-state index is 12.3. The summed E-state index contributed by atoms with van der Waals surface area (Å²) in [6.07, 6.45) is -0.731. The first-order chi connectivity index (χ1) is 11.4. The lowest BCUT2D eigenvalue weighted by Gasteiger charge is -2.15. The first-order valence-corrected chi connectivity index (χ1v) is 8.58. The van der Waals surface area contributed by atoms with E-state index in [4.69, 9.17) is 33.7 Å². The van der Waals surface area contributed by atoms with Crippen LogP contribution in [0.25, 0.3) is 10.2 Å². The highest BCUT2D eigenvalue weighted by Crippen LogP contribution is 2.29. The maximum Gasteiger partial charge on any atom is 0.265 e.